The van der Waals surface area contributed by atoms with Crippen molar-refractivity contribution in [2.75, 3.05) is 61.7 Å². The first kappa shape index (κ1) is 86.0. The molecule has 7 rings (SSSR count). The third kappa shape index (κ3) is 23.2. The Morgan fingerprint density at radius 2 is 1.48 bits per heavy atom. The van der Waals surface area contributed by atoms with Crippen LogP contribution >= 0.6 is 22.7 Å². The number of aromatic nitrogens is 6. The van der Waals surface area contributed by atoms with Crippen LogP contribution in [-0.4, -0.2) is 277 Å². The summed E-state index contributed by atoms with van der Waals surface area (Å²) in [7, 11) is -0.336. The number of amides is 9. The Morgan fingerprint density at radius 1 is 0.796 bits per heavy atom. The standard InChI is InChI=1S/C62H87N19O24S3/c1-24-40(77-53(80-51(24)65)31(15-37(64)85)71-16-30(63)52(66)92)57(96)79-42(48(32-17-68-23-72-32)103-61-50(46(90)44(88)35(18-82)102-61)104-60-47(91)49(105-62(67)98)45(89)36(19-83)101-60)58(97)73-26(3)43(87)25(2)54(93)78-41(27(4)84)56(95)70-13-11-39-75-34(21-106-39)59-76-33(20-107-59)55(94)69-12-6-14-108(5)22-38(86)74-28-7-9-29(10-8-28)81(99)100/h7-10,17,20-21,23,25-27,30-31,35-36,41-50,60-61,71,82-84,87-91H,6,11-16,18-19,22,63H2,1-5H3,(H14-,64,65,66,67,68,69,70,72,73,74,77,78,79,80,85,86,92,93,94,95,96,97,98)/p+1/t25?,26?,27?,30?,31?,35-,36+,41?,42?,43?,44+,45+,46+,47-,48?,49+,50-,60+,61-,108?/m0/s1. The molecule has 592 valence electrons. The first-order valence-electron chi connectivity index (χ1n) is 33.2. The number of primary amides is 3. The van der Waals surface area contributed by atoms with Crippen LogP contribution in [0, 0.1) is 23.0 Å². The number of anilines is 2. The zero-order valence-electron chi connectivity index (χ0n) is 58.6. The highest BCUT2D eigenvalue weighted by Gasteiger charge is 2.54. The van der Waals surface area contributed by atoms with E-state index in [9.17, 15) is 89.3 Å². The van der Waals surface area contributed by atoms with Crippen molar-refractivity contribution in [2.45, 2.75) is 157 Å². The number of nitro benzene ring substituents is 1. The van der Waals surface area contributed by atoms with Gasteiger partial charge in [0.15, 0.2) is 24.4 Å². The van der Waals surface area contributed by atoms with E-state index in [2.05, 4.69) is 67.1 Å². The van der Waals surface area contributed by atoms with Gasteiger partial charge in [-0.1, -0.05) is 6.92 Å². The lowest BCUT2D eigenvalue weighted by Gasteiger charge is -2.47. The molecule has 26 N–H and O–H groups in total. The van der Waals surface area contributed by atoms with E-state index in [0.717, 1.165) is 12.5 Å². The number of thiazole rings is 2. The molecule has 0 spiro atoms. The molecule has 0 radical (unpaired) electrons. The van der Waals surface area contributed by atoms with E-state index in [4.69, 9.17) is 52.4 Å². The summed E-state index contributed by atoms with van der Waals surface area (Å²) in [6, 6.07) is -2.48. The smallest absolute Gasteiger partial charge is 0.404 e. The molecule has 20 atom stereocenters. The number of carbonyl (C=O) groups is 9. The molecule has 4 aromatic heterocycles. The molecule has 6 heterocycles. The third-order valence-corrected chi connectivity index (χ3v) is 20.5. The number of carbonyl (C=O) groups excluding carboxylic acids is 9. The molecule has 0 saturated carbocycles. The molecule has 43 nitrogen and oxygen atoms in total. The lowest BCUT2D eigenvalue weighted by Crippen LogP contribution is -2.65. The molecule has 2 aliphatic heterocycles. The molecule has 2 fully saturated rings. The number of ether oxygens (including phenoxy) is 5. The van der Waals surface area contributed by atoms with Gasteiger partial charge in [0, 0.05) is 73.0 Å². The summed E-state index contributed by atoms with van der Waals surface area (Å²) in [5.74, 6) is -8.38. The number of rotatable bonds is 39. The number of H-pyrrole nitrogens is 1. The summed E-state index contributed by atoms with van der Waals surface area (Å²) >= 11 is 2.41. The number of hydrogen-bond acceptors (Lipinski definition) is 34. The Morgan fingerprint density at radius 3 is 2.11 bits per heavy atom. The monoisotopic (exact) mass is 1580 g/mol. The number of non-ortho nitro benzene ring substituents is 1. The van der Waals surface area contributed by atoms with Crippen molar-refractivity contribution in [3.05, 3.63) is 91.1 Å². The number of aliphatic hydroxyl groups excluding tert-OH is 8. The summed E-state index contributed by atoms with van der Waals surface area (Å²) in [5.41, 5.74) is 28.2. The highest BCUT2D eigenvalue weighted by atomic mass is 32.2. The minimum atomic E-state index is -2.21. The van der Waals surface area contributed by atoms with Crippen molar-refractivity contribution in [1.82, 2.24) is 61.8 Å². The molecule has 2 aliphatic rings. The molecule has 46 heteroatoms. The average molecular weight is 1580 g/mol. The largest absolute Gasteiger partial charge is 0.441 e. The van der Waals surface area contributed by atoms with E-state index < -0.39 is 194 Å². The van der Waals surface area contributed by atoms with Gasteiger partial charge in [-0.2, -0.15) is 0 Å². The van der Waals surface area contributed by atoms with Crippen LogP contribution in [0.25, 0.3) is 10.7 Å². The van der Waals surface area contributed by atoms with Crippen molar-refractivity contribution in [3.63, 3.8) is 0 Å². The van der Waals surface area contributed by atoms with Gasteiger partial charge in [-0.3, -0.25) is 48.5 Å². The van der Waals surface area contributed by atoms with Crippen LogP contribution in [0.4, 0.5) is 22.0 Å². The molecule has 10 unspecified atom stereocenters. The fourth-order valence-corrected chi connectivity index (χ4v) is 13.8. The lowest BCUT2D eigenvalue weighted by atomic mass is 9.96. The molecule has 9 amide bonds. The van der Waals surface area contributed by atoms with Gasteiger partial charge in [0.05, 0.1) is 83.9 Å². The van der Waals surface area contributed by atoms with E-state index in [1.165, 1.54) is 74.6 Å². The fourth-order valence-electron chi connectivity index (χ4n) is 10.9. The van der Waals surface area contributed by atoms with Crippen LogP contribution in [0.2, 0.25) is 0 Å². The number of nitrogens with zero attached hydrogens (tertiary/aromatic N) is 6. The van der Waals surface area contributed by atoms with Gasteiger partial charge < -0.3 is 135 Å². The first-order chi connectivity index (χ1) is 51.1. The number of benzene rings is 1. The van der Waals surface area contributed by atoms with Crippen LogP contribution < -0.4 is 65.9 Å². The van der Waals surface area contributed by atoms with E-state index in [1.807, 2.05) is 6.26 Å². The number of nitro groups is 1. The zero-order valence-corrected chi connectivity index (χ0v) is 61.0. The summed E-state index contributed by atoms with van der Waals surface area (Å²) in [6.45, 7) is 2.81. The predicted molar refractivity (Wildman–Crippen MR) is 379 cm³/mol. The van der Waals surface area contributed by atoms with E-state index in [1.54, 1.807) is 10.8 Å². The van der Waals surface area contributed by atoms with Crippen molar-refractivity contribution in [3.8, 4) is 10.7 Å². The van der Waals surface area contributed by atoms with Crippen molar-refractivity contribution < 1.29 is 113 Å². The Balaban J connectivity index is 1.04. The maximum atomic E-state index is 15.2. The normalized spacial score (nSPS) is 22.8. The van der Waals surface area contributed by atoms with Crippen LogP contribution in [0.1, 0.15) is 88.8 Å². The van der Waals surface area contributed by atoms with Gasteiger partial charge in [0.25, 0.3) is 23.4 Å². The molecule has 0 bridgehead atoms. The number of imidazole rings is 1. The second-order valence-electron chi connectivity index (χ2n) is 25.1. The predicted octanol–water partition coefficient (Wildman–Crippen LogP) is -6.79. The molecular weight excluding hydrogens is 1490 g/mol. The van der Waals surface area contributed by atoms with Gasteiger partial charge in [-0.25, -0.2) is 29.7 Å². The van der Waals surface area contributed by atoms with E-state index in [-0.39, 0.29) is 76.3 Å². The van der Waals surface area contributed by atoms with Crippen molar-refractivity contribution in [1.29, 1.82) is 0 Å². The van der Waals surface area contributed by atoms with Gasteiger partial charge in [0.2, 0.25) is 29.5 Å². The quantitative estimate of drug-likeness (QED) is 0.00752. The number of aromatic amines is 1. The van der Waals surface area contributed by atoms with Gasteiger partial charge in [-0.15, -0.1) is 22.7 Å². The number of nitrogens with two attached hydrogens (primary N) is 5. The Bertz CT molecular complexity index is 3920. The minimum absolute atomic E-state index is 0.0539. The Hall–Kier alpha value is -9.21. The van der Waals surface area contributed by atoms with E-state index in [0.29, 0.717) is 40.1 Å². The molecule has 5 aromatic rings. The number of aliphatic hydroxyl groups is 8. The molecule has 1 aromatic carbocycles. The van der Waals surface area contributed by atoms with Gasteiger partial charge >= 0.3 is 6.09 Å². The number of nitrogen functional groups attached to an aromatic ring is 1. The summed E-state index contributed by atoms with van der Waals surface area (Å²) in [4.78, 5) is 154. The van der Waals surface area contributed by atoms with Crippen molar-refractivity contribution in [2.24, 2.45) is 28.9 Å². The first-order valence-corrected chi connectivity index (χ1v) is 36.9. The van der Waals surface area contributed by atoms with Crippen molar-refractivity contribution >= 4 is 104 Å². The lowest BCUT2D eigenvalue weighted by molar-refractivity contribution is -0.384. The van der Waals surface area contributed by atoms with Crippen LogP contribution in [-0.2, 0) is 69.8 Å². The minimum Gasteiger partial charge on any atom is -0.441 e. The SMILES string of the molecule is Cc1c(N)nc(C(CC(N)=O)NCC(N)C(N)=O)nc1C(=O)NC(C(=O)NC(C)C(O)C(C)C(=O)NC(C(=O)NCCc1nc(-c2nc(C(=O)NCCC[S+](C)CC(=O)Nc3ccc([N+](=O)[O-])cc3)cs2)cs1)C(C)O)C(O[C@@H]1O[C@@H](CO)[C@@H](O)[C@@H](O)[C@@H]1O[C@H]1O[C@H](CO)[C@@H](O)[C@@H](OC(N)=O)[C@@H]1O)c1cnc[nH]1. The molecular formula is C62H88N19O24S3+. The van der Waals surface area contributed by atoms with Gasteiger partial charge in [-0.05, 0) is 43.8 Å². The highest BCUT2D eigenvalue weighted by molar-refractivity contribution is 7.96. The van der Waals surface area contributed by atoms with Crippen LogP contribution in [0.15, 0.2) is 47.5 Å². The fraction of sp³-hybridized carbons (Fsp3) is 0.548. The molecule has 0 aliphatic carbocycles. The average Bonchev–Trinajstić information content (AvgIpc) is 0.815. The number of hydrogen-bond donors (Lipinski definition) is 21. The molecule has 2 saturated heterocycles. The van der Waals surface area contributed by atoms with E-state index >= 15 is 4.79 Å². The zero-order chi connectivity index (χ0) is 79.5. The second kappa shape index (κ2) is 39.8. The van der Waals surface area contributed by atoms with Crippen LogP contribution in [0.5, 0.6) is 0 Å². The highest BCUT2D eigenvalue weighted by Crippen LogP contribution is 2.35. The maximum Gasteiger partial charge on any atom is 0.404 e. The maximum absolute atomic E-state index is 15.2. The second-order valence-corrected chi connectivity index (χ2v) is 29.2. The Labute approximate surface area is 625 Å². The number of nitrogens with one attached hydrogen (secondary N) is 8. The summed E-state index contributed by atoms with van der Waals surface area (Å²) in [5, 5.41) is 122. The summed E-state index contributed by atoms with van der Waals surface area (Å²) in [6.07, 6.45) is -22.9. The molecule has 108 heavy (non-hydrogen) atoms. The Kier molecular flexibility index (Phi) is 31.7. The summed E-state index contributed by atoms with van der Waals surface area (Å²) < 4.78 is 28.8. The van der Waals surface area contributed by atoms with Gasteiger partial charge in [0.1, 0.15) is 100 Å². The third-order valence-electron chi connectivity index (χ3n) is 17.0. The topological polar surface area (TPSA) is 699 Å². The van der Waals surface area contributed by atoms with Crippen LogP contribution in [0.3, 0.4) is 0 Å².